The van der Waals surface area contributed by atoms with Gasteiger partial charge in [0.15, 0.2) is 0 Å². The molecule has 0 radical (unpaired) electrons. The average molecular weight is 246 g/mol. The predicted octanol–water partition coefficient (Wildman–Crippen LogP) is 1.92. The number of fused-ring (bicyclic) bond motifs is 1. The summed E-state index contributed by atoms with van der Waals surface area (Å²) in [6.45, 7) is 0.813. The van der Waals surface area contributed by atoms with Crippen molar-refractivity contribution in [3.05, 3.63) is 53.4 Å². The molecule has 1 atom stereocenters. The van der Waals surface area contributed by atoms with Gasteiger partial charge in [0, 0.05) is 31.3 Å². The molecule has 0 saturated carbocycles. The van der Waals surface area contributed by atoms with Crippen LogP contribution in [0.25, 0.3) is 0 Å². The molecule has 0 spiro atoms. The van der Waals surface area contributed by atoms with Gasteiger partial charge in [0.25, 0.3) is 0 Å². The minimum Gasteiger partial charge on any atom is -0.393 e. The van der Waals surface area contributed by atoms with E-state index in [9.17, 15) is 9.50 Å². The maximum absolute atomic E-state index is 12.8. The van der Waals surface area contributed by atoms with Gasteiger partial charge in [-0.25, -0.2) is 9.37 Å². The first-order valence-corrected chi connectivity index (χ1v) is 6.18. The van der Waals surface area contributed by atoms with Crippen molar-refractivity contribution < 1.29 is 9.50 Å². The van der Waals surface area contributed by atoms with Crippen molar-refractivity contribution >= 4 is 0 Å². The van der Waals surface area contributed by atoms with E-state index in [1.807, 2.05) is 6.20 Å². The van der Waals surface area contributed by atoms with Crippen LogP contribution in [0.2, 0.25) is 0 Å². The normalized spacial score (nSPS) is 18.7. The Bertz CT molecular complexity index is 547. The lowest BCUT2D eigenvalue weighted by molar-refractivity contribution is 0.143. The van der Waals surface area contributed by atoms with E-state index >= 15 is 0 Å². The Morgan fingerprint density at radius 3 is 2.89 bits per heavy atom. The second-order valence-corrected chi connectivity index (χ2v) is 4.77. The van der Waals surface area contributed by atoms with Crippen LogP contribution in [-0.2, 0) is 19.4 Å². The molecule has 1 aliphatic heterocycles. The van der Waals surface area contributed by atoms with E-state index in [2.05, 4.69) is 9.55 Å². The zero-order valence-electron chi connectivity index (χ0n) is 10.0. The molecule has 0 saturated heterocycles. The van der Waals surface area contributed by atoms with Gasteiger partial charge in [0.05, 0.1) is 6.10 Å². The third-order valence-electron chi connectivity index (χ3n) is 3.43. The topological polar surface area (TPSA) is 38.0 Å². The lowest BCUT2D eigenvalue weighted by atomic mass is 10.1. The number of halogens is 1. The van der Waals surface area contributed by atoms with Crippen molar-refractivity contribution in [3.63, 3.8) is 0 Å². The Hall–Kier alpha value is -1.68. The first kappa shape index (κ1) is 11.4. The molecule has 1 unspecified atom stereocenters. The summed E-state index contributed by atoms with van der Waals surface area (Å²) < 4.78 is 15.0. The van der Waals surface area contributed by atoms with Crippen LogP contribution in [-0.4, -0.2) is 20.8 Å². The molecule has 3 nitrogen and oxygen atoms in total. The molecule has 0 amide bonds. The molecule has 3 rings (SSSR count). The van der Waals surface area contributed by atoms with E-state index in [1.165, 1.54) is 12.1 Å². The Morgan fingerprint density at radius 2 is 2.11 bits per heavy atom. The molecule has 18 heavy (non-hydrogen) atoms. The highest BCUT2D eigenvalue weighted by Crippen LogP contribution is 2.19. The second kappa shape index (κ2) is 4.53. The third-order valence-corrected chi connectivity index (χ3v) is 3.43. The van der Waals surface area contributed by atoms with Crippen LogP contribution >= 0.6 is 0 Å². The van der Waals surface area contributed by atoms with Gasteiger partial charge in [0.2, 0.25) is 0 Å². The van der Waals surface area contributed by atoms with Crippen molar-refractivity contribution in [1.29, 1.82) is 0 Å². The van der Waals surface area contributed by atoms with Gasteiger partial charge in [-0.15, -0.1) is 0 Å². The number of aliphatic hydroxyl groups is 1. The minimum atomic E-state index is -0.243. The van der Waals surface area contributed by atoms with Crippen LogP contribution in [0, 0.1) is 5.82 Å². The standard InChI is InChI=1S/C14H15FN2O/c15-11-3-1-10(2-4-11)7-14-16-9-12-8-13(18)5-6-17(12)14/h1-4,9,13,18H,5-8H2. The van der Waals surface area contributed by atoms with Gasteiger partial charge in [-0.05, 0) is 24.1 Å². The van der Waals surface area contributed by atoms with Crippen molar-refractivity contribution in [3.8, 4) is 0 Å². The summed E-state index contributed by atoms with van der Waals surface area (Å²) in [6.07, 6.45) is 3.75. The quantitative estimate of drug-likeness (QED) is 0.879. The number of aromatic nitrogens is 2. The van der Waals surface area contributed by atoms with Gasteiger partial charge in [-0.2, -0.15) is 0 Å². The maximum Gasteiger partial charge on any atom is 0.123 e. The lowest BCUT2D eigenvalue weighted by Gasteiger charge is -2.21. The van der Waals surface area contributed by atoms with Gasteiger partial charge < -0.3 is 9.67 Å². The van der Waals surface area contributed by atoms with Crippen molar-refractivity contribution in [2.45, 2.75) is 31.9 Å². The lowest BCUT2D eigenvalue weighted by Crippen LogP contribution is -2.23. The molecule has 1 N–H and O–H groups in total. The third kappa shape index (κ3) is 2.16. The second-order valence-electron chi connectivity index (χ2n) is 4.77. The molecule has 1 aromatic heterocycles. The van der Waals surface area contributed by atoms with Crippen molar-refractivity contribution in [2.75, 3.05) is 0 Å². The summed E-state index contributed by atoms with van der Waals surface area (Å²) in [5, 5.41) is 9.60. The van der Waals surface area contributed by atoms with Crippen LogP contribution < -0.4 is 0 Å². The van der Waals surface area contributed by atoms with E-state index in [1.54, 1.807) is 12.1 Å². The maximum atomic E-state index is 12.8. The van der Waals surface area contributed by atoms with Crippen LogP contribution in [0.5, 0.6) is 0 Å². The monoisotopic (exact) mass is 246 g/mol. The molecule has 2 heterocycles. The highest BCUT2D eigenvalue weighted by Gasteiger charge is 2.19. The van der Waals surface area contributed by atoms with Crippen molar-refractivity contribution in [1.82, 2.24) is 9.55 Å². The minimum absolute atomic E-state index is 0.216. The molecular formula is C14H15FN2O. The fraction of sp³-hybridized carbons (Fsp3) is 0.357. The highest BCUT2D eigenvalue weighted by atomic mass is 19.1. The average Bonchev–Trinajstić information content (AvgIpc) is 2.74. The highest BCUT2D eigenvalue weighted by molar-refractivity contribution is 5.22. The van der Waals surface area contributed by atoms with Crippen LogP contribution in [0.4, 0.5) is 4.39 Å². The van der Waals surface area contributed by atoms with Crippen molar-refractivity contribution in [2.24, 2.45) is 0 Å². The largest absolute Gasteiger partial charge is 0.393 e. The summed E-state index contributed by atoms with van der Waals surface area (Å²) >= 11 is 0. The van der Waals surface area contributed by atoms with Gasteiger partial charge >= 0.3 is 0 Å². The smallest absolute Gasteiger partial charge is 0.123 e. The van der Waals surface area contributed by atoms with Crippen LogP contribution in [0.3, 0.4) is 0 Å². The molecule has 2 aromatic rings. The molecule has 1 aliphatic rings. The first-order chi connectivity index (χ1) is 8.72. The summed E-state index contributed by atoms with van der Waals surface area (Å²) in [5.41, 5.74) is 2.14. The van der Waals surface area contributed by atoms with E-state index in [-0.39, 0.29) is 11.9 Å². The number of imidazole rings is 1. The number of nitrogens with zero attached hydrogens (tertiary/aromatic N) is 2. The molecular weight excluding hydrogens is 231 g/mol. The van der Waals surface area contributed by atoms with Gasteiger partial charge in [-0.3, -0.25) is 0 Å². The summed E-state index contributed by atoms with van der Waals surface area (Å²) in [7, 11) is 0. The van der Waals surface area contributed by atoms with E-state index in [0.29, 0.717) is 12.8 Å². The van der Waals surface area contributed by atoms with E-state index in [0.717, 1.165) is 30.0 Å². The number of hydrogen-bond acceptors (Lipinski definition) is 2. The SMILES string of the molecule is OC1CCn2c(cnc2Cc2ccc(F)cc2)C1. The molecule has 4 heteroatoms. The Morgan fingerprint density at radius 1 is 1.33 bits per heavy atom. The van der Waals surface area contributed by atoms with Gasteiger partial charge in [-0.1, -0.05) is 12.1 Å². The fourth-order valence-electron chi connectivity index (χ4n) is 2.44. The van der Waals surface area contributed by atoms with E-state index in [4.69, 9.17) is 0 Å². The summed E-state index contributed by atoms with van der Waals surface area (Å²) in [4.78, 5) is 4.41. The number of aliphatic hydroxyl groups excluding tert-OH is 1. The number of hydrogen-bond donors (Lipinski definition) is 1. The molecule has 0 bridgehead atoms. The fourth-order valence-corrected chi connectivity index (χ4v) is 2.44. The molecule has 0 fully saturated rings. The Labute approximate surface area is 105 Å². The molecule has 1 aromatic carbocycles. The Kier molecular flexibility index (Phi) is 2.88. The zero-order valence-corrected chi connectivity index (χ0v) is 10.0. The summed E-state index contributed by atoms with van der Waals surface area (Å²) in [6, 6.07) is 6.52. The van der Waals surface area contributed by atoms with Crippen LogP contribution in [0.15, 0.2) is 30.5 Å². The van der Waals surface area contributed by atoms with Crippen LogP contribution in [0.1, 0.15) is 23.5 Å². The number of rotatable bonds is 2. The molecule has 0 aliphatic carbocycles. The summed E-state index contributed by atoms with van der Waals surface area (Å²) in [5.74, 6) is 0.774. The van der Waals surface area contributed by atoms with Gasteiger partial charge in [0.1, 0.15) is 11.6 Å². The Balaban J connectivity index is 1.83. The zero-order chi connectivity index (χ0) is 12.5. The first-order valence-electron chi connectivity index (χ1n) is 6.18. The van der Waals surface area contributed by atoms with E-state index < -0.39 is 0 Å². The molecule has 94 valence electrons. The predicted molar refractivity (Wildman–Crippen MR) is 65.8 cm³/mol. The number of benzene rings is 1.